The highest BCUT2D eigenvalue weighted by atomic mass is 32.2. The van der Waals surface area contributed by atoms with Crippen LogP contribution in [-0.2, 0) is 19.6 Å². The van der Waals surface area contributed by atoms with Crippen molar-refractivity contribution in [1.29, 1.82) is 0 Å². The van der Waals surface area contributed by atoms with E-state index in [9.17, 15) is 13.2 Å². The molecule has 2 aliphatic rings. The van der Waals surface area contributed by atoms with E-state index in [4.69, 9.17) is 4.74 Å². The summed E-state index contributed by atoms with van der Waals surface area (Å²) in [7, 11) is -3.42. The standard InChI is InChI=1S/C19H29N3O4S/c23-19(20-8-11-21-12-14-26-15-13-21)16-17-6-9-22(10-7-17)27(24,25)18-4-2-1-3-5-18/h1-5,17H,6-16H2,(H,20,23). The van der Waals surface area contributed by atoms with Crippen LogP contribution < -0.4 is 5.32 Å². The number of amides is 1. The summed E-state index contributed by atoms with van der Waals surface area (Å²) >= 11 is 0. The average molecular weight is 396 g/mol. The molecule has 0 aromatic heterocycles. The Morgan fingerprint density at radius 3 is 2.41 bits per heavy atom. The minimum Gasteiger partial charge on any atom is -0.379 e. The summed E-state index contributed by atoms with van der Waals surface area (Å²) in [5, 5.41) is 2.99. The number of piperidine rings is 1. The van der Waals surface area contributed by atoms with E-state index < -0.39 is 10.0 Å². The average Bonchev–Trinajstić information content (AvgIpc) is 2.70. The first kappa shape index (κ1) is 20.3. The van der Waals surface area contributed by atoms with Crippen LogP contribution in [0.2, 0.25) is 0 Å². The largest absolute Gasteiger partial charge is 0.379 e. The van der Waals surface area contributed by atoms with E-state index in [2.05, 4.69) is 10.2 Å². The molecule has 2 heterocycles. The Kier molecular flexibility index (Phi) is 7.23. The van der Waals surface area contributed by atoms with Gasteiger partial charge in [-0.2, -0.15) is 4.31 Å². The van der Waals surface area contributed by atoms with Gasteiger partial charge in [-0.15, -0.1) is 0 Å². The molecule has 2 aliphatic heterocycles. The van der Waals surface area contributed by atoms with Gasteiger partial charge < -0.3 is 10.1 Å². The number of sulfonamides is 1. The molecule has 150 valence electrons. The molecule has 27 heavy (non-hydrogen) atoms. The third-order valence-corrected chi connectivity index (χ3v) is 7.20. The van der Waals surface area contributed by atoms with Crippen molar-refractivity contribution in [2.75, 3.05) is 52.5 Å². The molecule has 8 heteroatoms. The van der Waals surface area contributed by atoms with Crippen LogP contribution in [-0.4, -0.2) is 76.0 Å². The van der Waals surface area contributed by atoms with Gasteiger partial charge in [-0.25, -0.2) is 8.42 Å². The number of hydrogen-bond acceptors (Lipinski definition) is 5. The highest BCUT2D eigenvalue weighted by Crippen LogP contribution is 2.25. The molecule has 0 radical (unpaired) electrons. The fourth-order valence-corrected chi connectivity index (χ4v) is 5.10. The molecule has 0 spiro atoms. The monoisotopic (exact) mass is 395 g/mol. The van der Waals surface area contributed by atoms with Crippen molar-refractivity contribution in [3.63, 3.8) is 0 Å². The first-order chi connectivity index (χ1) is 13.1. The van der Waals surface area contributed by atoms with Crippen molar-refractivity contribution in [3.05, 3.63) is 30.3 Å². The molecule has 0 bridgehead atoms. The number of carbonyl (C=O) groups is 1. The lowest BCUT2D eigenvalue weighted by atomic mass is 9.94. The number of hydrogen-bond donors (Lipinski definition) is 1. The summed E-state index contributed by atoms with van der Waals surface area (Å²) in [5.41, 5.74) is 0. The molecule has 2 fully saturated rings. The van der Waals surface area contributed by atoms with Gasteiger partial charge in [0.05, 0.1) is 18.1 Å². The zero-order valence-electron chi connectivity index (χ0n) is 15.7. The van der Waals surface area contributed by atoms with Crippen molar-refractivity contribution in [1.82, 2.24) is 14.5 Å². The summed E-state index contributed by atoms with van der Waals surface area (Å²) in [6, 6.07) is 8.54. The summed E-state index contributed by atoms with van der Waals surface area (Å²) in [6.45, 7) is 5.82. The smallest absolute Gasteiger partial charge is 0.243 e. The van der Waals surface area contributed by atoms with Crippen LogP contribution >= 0.6 is 0 Å². The molecule has 1 aromatic carbocycles. The van der Waals surface area contributed by atoms with Crippen LogP contribution in [0.5, 0.6) is 0 Å². The zero-order valence-corrected chi connectivity index (χ0v) is 16.5. The Labute approximate surface area is 161 Å². The molecule has 0 atom stereocenters. The topological polar surface area (TPSA) is 79.0 Å². The maximum atomic E-state index is 12.6. The Morgan fingerprint density at radius 2 is 1.74 bits per heavy atom. The second kappa shape index (κ2) is 9.64. The van der Waals surface area contributed by atoms with Crippen LogP contribution in [0.25, 0.3) is 0 Å². The van der Waals surface area contributed by atoms with E-state index in [1.165, 1.54) is 4.31 Å². The van der Waals surface area contributed by atoms with Crippen molar-refractivity contribution < 1.29 is 17.9 Å². The molecule has 0 aliphatic carbocycles. The predicted octanol–water partition coefficient (Wildman–Crippen LogP) is 0.926. The Bertz CT molecular complexity index is 697. The highest BCUT2D eigenvalue weighted by Gasteiger charge is 2.30. The summed E-state index contributed by atoms with van der Waals surface area (Å²) < 4.78 is 32.1. The fraction of sp³-hybridized carbons (Fsp3) is 0.632. The fourth-order valence-electron chi connectivity index (χ4n) is 3.61. The summed E-state index contributed by atoms with van der Waals surface area (Å²) in [4.78, 5) is 14.8. The van der Waals surface area contributed by atoms with E-state index in [-0.39, 0.29) is 11.8 Å². The van der Waals surface area contributed by atoms with Gasteiger partial charge in [0.15, 0.2) is 0 Å². The van der Waals surface area contributed by atoms with E-state index >= 15 is 0 Å². The number of nitrogens with one attached hydrogen (secondary N) is 1. The number of benzene rings is 1. The van der Waals surface area contributed by atoms with E-state index in [1.807, 2.05) is 6.07 Å². The van der Waals surface area contributed by atoms with Gasteiger partial charge in [0.25, 0.3) is 0 Å². The van der Waals surface area contributed by atoms with Crippen LogP contribution in [0, 0.1) is 5.92 Å². The minimum absolute atomic E-state index is 0.0626. The highest BCUT2D eigenvalue weighted by molar-refractivity contribution is 7.89. The van der Waals surface area contributed by atoms with E-state index in [0.717, 1.165) is 45.7 Å². The van der Waals surface area contributed by atoms with Crippen LogP contribution in [0.1, 0.15) is 19.3 Å². The molecular formula is C19H29N3O4S. The number of carbonyl (C=O) groups excluding carboxylic acids is 1. The molecule has 0 unspecified atom stereocenters. The molecule has 1 aromatic rings. The minimum atomic E-state index is -3.42. The zero-order chi connectivity index (χ0) is 19.1. The lowest BCUT2D eigenvalue weighted by Crippen LogP contribution is -2.42. The molecule has 7 nitrogen and oxygen atoms in total. The normalized spacial score (nSPS) is 20.4. The van der Waals surface area contributed by atoms with Gasteiger partial charge in [-0.05, 0) is 30.9 Å². The van der Waals surface area contributed by atoms with Gasteiger partial charge in [0.1, 0.15) is 0 Å². The third-order valence-electron chi connectivity index (χ3n) is 5.28. The van der Waals surface area contributed by atoms with E-state index in [0.29, 0.717) is 31.0 Å². The maximum absolute atomic E-state index is 12.6. The van der Waals surface area contributed by atoms with Gasteiger partial charge in [-0.1, -0.05) is 18.2 Å². The number of morpholine rings is 1. The second-order valence-corrected chi connectivity index (χ2v) is 9.11. The molecular weight excluding hydrogens is 366 g/mol. The number of ether oxygens (including phenoxy) is 1. The summed E-state index contributed by atoms with van der Waals surface area (Å²) in [6.07, 6.45) is 1.92. The first-order valence-corrected chi connectivity index (χ1v) is 11.1. The van der Waals surface area contributed by atoms with Gasteiger partial charge in [0, 0.05) is 45.7 Å². The van der Waals surface area contributed by atoms with Gasteiger partial charge in [-0.3, -0.25) is 9.69 Å². The van der Waals surface area contributed by atoms with Crippen LogP contribution in [0.15, 0.2) is 35.2 Å². The molecule has 3 rings (SSSR count). The van der Waals surface area contributed by atoms with Crippen LogP contribution in [0.4, 0.5) is 0 Å². The van der Waals surface area contributed by atoms with Crippen molar-refractivity contribution in [3.8, 4) is 0 Å². The summed E-state index contributed by atoms with van der Waals surface area (Å²) in [5.74, 6) is 0.309. The predicted molar refractivity (Wildman–Crippen MR) is 103 cm³/mol. The van der Waals surface area contributed by atoms with Gasteiger partial charge >= 0.3 is 0 Å². The van der Waals surface area contributed by atoms with Crippen molar-refractivity contribution in [2.45, 2.75) is 24.2 Å². The molecule has 2 saturated heterocycles. The Balaban J connectivity index is 1.38. The lowest BCUT2D eigenvalue weighted by molar-refractivity contribution is -0.122. The molecule has 1 N–H and O–H groups in total. The Morgan fingerprint density at radius 1 is 1.07 bits per heavy atom. The third kappa shape index (κ3) is 5.75. The first-order valence-electron chi connectivity index (χ1n) is 9.68. The molecule has 0 saturated carbocycles. The SMILES string of the molecule is O=C(CC1CCN(S(=O)(=O)c2ccccc2)CC1)NCCN1CCOCC1. The number of rotatable bonds is 7. The van der Waals surface area contributed by atoms with E-state index in [1.54, 1.807) is 24.3 Å². The Hall–Kier alpha value is -1.48. The quantitative estimate of drug-likeness (QED) is 0.743. The van der Waals surface area contributed by atoms with Crippen molar-refractivity contribution >= 4 is 15.9 Å². The van der Waals surface area contributed by atoms with Gasteiger partial charge in [0.2, 0.25) is 15.9 Å². The van der Waals surface area contributed by atoms with Crippen LogP contribution in [0.3, 0.4) is 0 Å². The second-order valence-electron chi connectivity index (χ2n) is 7.17. The molecule has 1 amide bonds. The number of nitrogens with zero attached hydrogens (tertiary/aromatic N) is 2. The van der Waals surface area contributed by atoms with Crippen molar-refractivity contribution in [2.24, 2.45) is 5.92 Å². The lowest BCUT2D eigenvalue weighted by Gasteiger charge is -2.31. The maximum Gasteiger partial charge on any atom is 0.243 e.